The van der Waals surface area contributed by atoms with Crippen LogP contribution < -0.4 is 0 Å². The summed E-state index contributed by atoms with van der Waals surface area (Å²) in [6.07, 6.45) is 4.69. The van der Waals surface area contributed by atoms with Gasteiger partial charge in [-0.25, -0.2) is 0 Å². The summed E-state index contributed by atoms with van der Waals surface area (Å²) in [5.74, 6) is 0. The number of nitrogens with zero attached hydrogens (tertiary/aromatic N) is 1. The Kier molecular flexibility index (Phi) is 4.55. The average Bonchev–Trinajstić information content (AvgIpc) is 3.05. The maximum Gasteiger partial charge on any atom is 0.0920 e. The molecule has 1 aromatic heterocycles. The third-order valence-corrected chi connectivity index (χ3v) is 5.69. The molecular weight excluding hydrogens is 332 g/mol. The molecule has 130 valence electrons. The summed E-state index contributed by atoms with van der Waals surface area (Å²) in [7, 11) is 0. The number of rotatable bonds is 4. The fourth-order valence-electron chi connectivity index (χ4n) is 3.81. The van der Waals surface area contributed by atoms with Crippen molar-refractivity contribution in [3.63, 3.8) is 0 Å². The van der Waals surface area contributed by atoms with Gasteiger partial charge in [0.1, 0.15) is 0 Å². The van der Waals surface area contributed by atoms with Crippen molar-refractivity contribution in [2.75, 3.05) is 19.6 Å². The van der Waals surface area contributed by atoms with Crippen LogP contribution in [0, 0.1) is 0 Å². The molecule has 4 rings (SSSR count). The van der Waals surface area contributed by atoms with Crippen LogP contribution in [0.15, 0.2) is 54.7 Å². The lowest BCUT2D eigenvalue weighted by Crippen LogP contribution is -2.43. The Bertz CT molecular complexity index is 848. The Morgan fingerprint density at radius 1 is 1.04 bits per heavy atom. The molecule has 0 radical (unpaired) electrons. The fraction of sp³-hybridized carbons (Fsp3) is 0.333. The maximum atomic E-state index is 11.0. The number of hydrogen-bond donors (Lipinski definition) is 2. The summed E-state index contributed by atoms with van der Waals surface area (Å²) < 4.78 is 0. The van der Waals surface area contributed by atoms with Gasteiger partial charge in [-0.2, -0.15) is 0 Å². The second-order valence-corrected chi connectivity index (χ2v) is 7.43. The van der Waals surface area contributed by atoms with Gasteiger partial charge >= 0.3 is 0 Å². The summed E-state index contributed by atoms with van der Waals surface area (Å²) in [5.41, 5.74) is 2.83. The first-order chi connectivity index (χ1) is 12.1. The van der Waals surface area contributed by atoms with Crippen LogP contribution in [0.5, 0.6) is 0 Å². The number of H-pyrrole nitrogens is 1. The highest BCUT2D eigenvalue weighted by atomic mass is 35.5. The number of nitrogens with one attached hydrogen (secondary N) is 1. The highest BCUT2D eigenvalue weighted by Gasteiger charge is 2.33. The molecule has 0 saturated carbocycles. The molecule has 0 spiro atoms. The first-order valence-corrected chi connectivity index (χ1v) is 9.28. The van der Waals surface area contributed by atoms with E-state index in [0.717, 1.165) is 44.5 Å². The van der Waals surface area contributed by atoms with Gasteiger partial charge in [0.25, 0.3) is 0 Å². The lowest BCUT2D eigenvalue weighted by atomic mass is 9.84. The van der Waals surface area contributed by atoms with Crippen molar-refractivity contribution in [1.29, 1.82) is 0 Å². The SMILES string of the molecule is OC1(c2ccc(Cl)cc2)CCN(CCc2c[nH]c3ccccc23)CC1. The summed E-state index contributed by atoms with van der Waals surface area (Å²) >= 11 is 5.96. The molecule has 25 heavy (non-hydrogen) atoms. The normalized spacial score (nSPS) is 17.8. The molecule has 0 atom stereocenters. The number of piperidine rings is 1. The molecule has 0 amide bonds. The highest BCUT2D eigenvalue weighted by molar-refractivity contribution is 6.30. The smallest absolute Gasteiger partial charge is 0.0920 e. The van der Waals surface area contributed by atoms with Gasteiger partial charge in [-0.1, -0.05) is 41.9 Å². The van der Waals surface area contributed by atoms with E-state index in [2.05, 4.69) is 40.3 Å². The standard InChI is InChI=1S/C21H23ClN2O/c22-18-7-5-17(6-8-18)21(25)10-13-24(14-11-21)12-9-16-15-23-20-4-2-1-3-19(16)20/h1-8,15,23,25H,9-14H2. The Balaban J connectivity index is 1.36. The van der Waals surface area contributed by atoms with Gasteiger partial charge in [-0.05, 0) is 48.6 Å². The average molecular weight is 355 g/mol. The van der Waals surface area contributed by atoms with Crippen LogP contribution in [-0.4, -0.2) is 34.6 Å². The monoisotopic (exact) mass is 354 g/mol. The van der Waals surface area contributed by atoms with Crippen molar-refractivity contribution in [2.24, 2.45) is 0 Å². The lowest BCUT2D eigenvalue weighted by molar-refractivity contribution is -0.0255. The minimum absolute atomic E-state index is 0.712. The van der Waals surface area contributed by atoms with Gasteiger partial charge in [0.05, 0.1) is 5.60 Å². The Morgan fingerprint density at radius 2 is 1.76 bits per heavy atom. The molecular formula is C21H23ClN2O. The van der Waals surface area contributed by atoms with Crippen LogP contribution in [0.1, 0.15) is 24.0 Å². The Hall–Kier alpha value is -1.81. The largest absolute Gasteiger partial charge is 0.385 e. The van der Waals surface area contributed by atoms with Crippen molar-refractivity contribution in [3.8, 4) is 0 Å². The quantitative estimate of drug-likeness (QED) is 0.731. The third kappa shape index (κ3) is 3.45. The van der Waals surface area contributed by atoms with Gasteiger partial charge in [0.2, 0.25) is 0 Å². The highest BCUT2D eigenvalue weighted by Crippen LogP contribution is 2.33. The molecule has 0 aliphatic carbocycles. The minimum atomic E-state index is -0.720. The van der Waals surface area contributed by atoms with Crippen LogP contribution in [0.2, 0.25) is 5.02 Å². The fourth-order valence-corrected chi connectivity index (χ4v) is 3.94. The number of hydrogen-bond acceptors (Lipinski definition) is 2. The van der Waals surface area contributed by atoms with E-state index in [0.29, 0.717) is 5.02 Å². The third-order valence-electron chi connectivity index (χ3n) is 5.44. The predicted octanol–water partition coefficient (Wildman–Crippen LogP) is 4.35. The maximum absolute atomic E-state index is 11.0. The lowest BCUT2D eigenvalue weighted by Gasteiger charge is -2.38. The van der Waals surface area contributed by atoms with Crippen LogP contribution in [0.4, 0.5) is 0 Å². The van der Waals surface area contributed by atoms with E-state index >= 15 is 0 Å². The van der Waals surface area contributed by atoms with Crippen LogP contribution >= 0.6 is 11.6 Å². The van der Waals surface area contributed by atoms with E-state index in [4.69, 9.17) is 11.6 Å². The number of para-hydroxylation sites is 1. The van der Waals surface area contributed by atoms with Gasteiger partial charge in [-0.3, -0.25) is 0 Å². The number of aliphatic hydroxyl groups is 1. The van der Waals surface area contributed by atoms with Crippen LogP contribution in [-0.2, 0) is 12.0 Å². The van der Waals surface area contributed by atoms with Gasteiger partial charge < -0.3 is 15.0 Å². The van der Waals surface area contributed by atoms with Crippen molar-refractivity contribution in [3.05, 3.63) is 70.9 Å². The van der Waals surface area contributed by atoms with E-state index in [1.165, 1.54) is 16.5 Å². The molecule has 1 fully saturated rings. The minimum Gasteiger partial charge on any atom is -0.385 e. The molecule has 2 heterocycles. The number of likely N-dealkylation sites (tertiary alicyclic amines) is 1. The molecule has 0 bridgehead atoms. The Morgan fingerprint density at radius 3 is 2.52 bits per heavy atom. The van der Waals surface area contributed by atoms with Gasteiger partial charge in [0, 0.05) is 41.8 Å². The summed E-state index contributed by atoms with van der Waals surface area (Å²) in [6, 6.07) is 16.1. The molecule has 3 aromatic rings. The van der Waals surface area contributed by atoms with E-state index in [-0.39, 0.29) is 0 Å². The second-order valence-electron chi connectivity index (χ2n) is 6.99. The van der Waals surface area contributed by atoms with Gasteiger partial charge in [-0.15, -0.1) is 0 Å². The zero-order chi connectivity index (χ0) is 17.3. The zero-order valence-corrected chi connectivity index (χ0v) is 15.0. The summed E-state index contributed by atoms with van der Waals surface area (Å²) in [5, 5.41) is 13.0. The van der Waals surface area contributed by atoms with Crippen LogP contribution in [0.3, 0.4) is 0 Å². The molecule has 1 aliphatic rings. The number of aromatic nitrogens is 1. The topological polar surface area (TPSA) is 39.3 Å². The van der Waals surface area contributed by atoms with Crippen molar-refractivity contribution < 1.29 is 5.11 Å². The first kappa shape index (κ1) is 16.6. The van der Waals surface area contributed by atoms with E-state index in [1.807, 2.05) is 24.3 Å². The van der Waals surface area contributed by atoms with Crippen molar-refractivity contribution >= 4 is 22.5 Å². The first-order valence-electron chi connectivity index (χ1n) is 8.90. The summed E-state index contributed by atoms with van der Waals surface area (Å²) in [4.78, 5) is 5.80. The predicted molar refractivity (Wildman–Crippen MR) is 103 cm³/mol. The van der Waals surface area contributed by atoms with Gasteiger partial charge in [0.15, 0.2) is 0 Å². The molecule has 2 N–H and O–H groups in total. The van der Waals surface area contributed by atoms with E-state index in [9.17, 15) is 5.11 Å². The molecule has 4 heteroatoms. The Labute approximate surface area is 153 Å². The molecule has 0 unspecified atom stereocenters. The summed E-state index contributed by atoms with van der Waals surface area (Å²) in [6.45, 7) is 2.86. The van der Waals surface area contributed by atoms with Crippen molar-refractivity contribution in [1.82, 2.24) is 9.88 Å². The second kappa shape index (κ2) is 6.83. The van der Waals surface area contributed by atoms with E-state index in [1.54, 1.807) is 0 Å². The van der Waals surface area contributed by atoms with E-state index < -0.39 is 5.60 Å². The molecule has 3 nitrogen and oxygen atoms in total. The number of fused-ring (bicyclic) bond motifs is 1. The number of halogens is 1. The zero-order valence-electron chi connectivity index (χ0n) is 14.2. The number of benzene rings is 2. The molecule has 1 aliphatic heterocycles. The van der Waals surface area contributed by atoms with Crippen LogP contribution in [0.25, 0.3) is 10.9 Å². The number of aromatic amines is 1. The molecule has 1 saturated heterocycles. The van der Waals surface area contributed by atoms with Crippen molar-refractivity contribution in [2.45, 2.75) is 24.9 Å². The molecule has 2 aromatic carbocycles.